The Kier molecular flexibility index (Phi) is 4.19. The molecule has 1 heterocycles. The number of hydrogen-bond acceptors (Lipinski definition) is 5. The minimum Gasteiger partial charge on any atom is -0.494 e. The van der Waals surface area contributed by atoms with E-state index in [4.69, 9.17) is 10.5 Å². The number of nitrogen functional groups attached to an aromatic ring is 1. The molecule has 0 unspecified atom stereocenters. The van der Waals surface area contributed by atoms with Crippen LogP contribution in [0.4, 0.5) is 5.69 Å². The van der Waals surface area contributed by atoms with Gasteiger partial charge in [-0.15, -0.1) is 0 Å². The van der Waals surface area contributed by atoms with Crippen molar-refractivity contribution in [2.24, 2.45) is 4.99 Å². The predicted octanol–water partition coefficient (Wildman–Crippen LogP) is 0.769. The molecule has 0 bridgehead atoms. The lowest BCUT2D eigenvalue weighted by atomic mass is 10.1. The van der Waals surface area contributed by atoms with Crippen LogP contribution in [0.25, 0.3) is 6.08 Å². The van der Waals surface area contributed by atoms with Gasteiger partial charge in [-0.25, -0.2) is 9.30 Å². The van der Waals surface area contributed by atoms with Crippen molar-refractivity contribution in [2.45, 2.75) is 0 Å². The smallest absolute Gasteiger partial charge is 0.304 e. The molecular formula is C13H18N4O3S. The van der Waals surface area contributed by atoms with Crippen molar-refractivity contribution in [1.82, 2.24) is 8.61 Å². The number of ether oxygens (including phenoxy) is 1. The maximum atomic E-state index is 12.0. The first kappa shape index (κ1) is 15.3. The summed E-state index contributed by atoms with van der Waals surface area (Å²) < 4.78 is 31.6. The highest BCUT2D eigenvalue weighted by molar-refractivity contribution is 7.87. The molecule has 0 aromatic heterocycles. The second-order valence-electron chi connectivity index (χ2n) is 4.69. The molecule has 1 aromatic rings. The van der Waals surface area contributed by atoms with Gasteiger partial charge in [0.2, 0.25) is 0 Å². The number of nitrogens with zero attached hydrogens (tertiary/aromatic N) is 3. The maximum Gasteiger partial charge on any atom is 0.304 e. The average Bonchev–Trinajstić information content (AvgIpc) is 2.88. The first-order valence-corrected chi connectivity index (χ1v) is 7.62. The van der Waals surface area contributed by atoms with E-state index in [1.54, 1.807) is 18.2 Å². The molecule has 114 valence electrons. The van der Waals surface area contributed by atoms with E-state index in [9.17, 15) is 8.42 Å². The molecule has 1 aliphatic rings. The van der Waals surface area contributed by atoms with Crippen LogP contribution in [0.1, 0.15) is 5.56 Å². The zero-order valence-corrected chi connectivity index (χ0v) is 13.0. The van der Waals surface area contributed by atoms with Gasteiger partial charge < -0.3 is 10.5 Å². The van der Waals surface area contributed by atoms with Gasteiger partial charge >= 0.3 is 10.2 Å². The third-order valence-corrected chi connectivity index (χ3v) is 4.77. The van der Waals surface area contributed by atoms with Crippen molar-refractivity contribution in [3.63, 3.8) is 0 Å². The van der Waals surface area contributed by atoms with Crippen LogP contribution in [0, 0.1) is 0 Å². The van der Waals surface area contributed by atoms with E-state index >= 15 is 0 Å². The Labute approximate surface area is 124 Å². The van der Waals surface area contributed by atoms with Crippen molar-refractivity contribution in [1.29, 1.82) is 0 Å². The minimum absolute atomic E-state index is 0.179. The Bertz CT molecular complexity index is 695. The quantitative estimate of drug-likeness (QED) is 0.832. The van der Waals surface area contributed by atoms with Gasteiger partial charge in [0.1, 0.15) is 12.1 Å². The highest BCUT2D eigenvalue weighted by Gasteiger charge is 2.26. The van der Waals surface area contributed by atoms with Gasteiger partial charge in [0, 0.05) is 19.7 Å². The van der Waals surface area contributed by atoms with E-state index in [0.29, 0.717) is 17.1 Å². The molecule has 7 nitrogen and oxygen atoms in total. The molecule has 0 saturated carbocycles. The Morgan fingerprint density at radius 2 is 2.14 bits per heavy atom. The molecule has 0 spiro atoms. The summed E-state index contributed by atoms with van der Waals surface area (Å²) in [4.78, 5) is 4.13. The number of aliphatic imine (C=N–C) groups is 1. The van der Waals surface area contributed by atoms with E-state index < -0.39 is 10.2 Å². The summed E-state index contributed by atoms with van der Waals surface area (Å²) in [5.41, 5.74) is 7.73. The number of hydrogen-bond donors (Lipinski definition) is 1. The molecule has 2 rings (SSSR count). The summed E-state index contributed by atoms with van der Waals surface area (Å²) >= 11 is 0. The van der Waals surface area contributed by atoms with Crippen molar-refractivity contribution in [2.75, 3.05) is 33.5 Å². The molecule has 0 aliphatic carbocycles. The fourth-order valence-corrected chi connectivity index (χ4v) is 2.80. The predicted molar refractivity (Wildman–Crippen MR) is 83.2 cm³/mol. The van der Waals surface area contributed by atoms with Gasteiger partial charge in [0.25, 0.3) is 0 Å². The van der Waals surface area contributed by atoms with Gasteiger partial charge in [0.05, 0.1) is 25.0 Å². The molecule has 0 saturated heterocycles. The average molecular weight is 310 g/mol. The lowest BCUT2D eigenvalue weighted by molar-refractivity contribution is 0.416. The van der Waals surface area contributed by atoms with Crippen LogP contribution in [-0.4, -0.2) is 51.1 Å². The lowest BCUT2D eigenvalue weighted by Gasteiger charge is -2.19. The normalized spacial score (nSPS) is 17.0. The summed E-state index contributed by atoms with van der Waals surface area (Å²) in [5.74, 6) is 0.550. The molecular weight excluding hydrogens is 292 g/mol. The molecule has 0 radical (unpaired) electrons. The zero-order valence-electron chi connectivity index (χ0n) is 12.1. The lowest BCUT2D eigenvalue weighted by Crippen LogP contribution is -2.37. The largest absolute Gasteiger partial charge is 0.494 e. The van der Waals surface area contributed by atoms with E-state index in [1.807, 2.05) is 6.07 Å². The minimum atomic E-state index is -3.51. The number of nitrogens with two attached hydrogens (primary N) is 1. The van der Waals surface area contributed by atoms with Crippen molar-refractivity contribution in [3.05, 3.63) is 29.5 Å². The Balaban J connectivity index is 2.28. The molecule has 0 atom stereocenters. The molecule has 1 aromatic carbocycles. The summed E-state index contributed by atoms with van der Waals surface area (Å²) in [7, 11) is 0.987. The fraction of sp³-hybridized carbons (Fsp3) is 0.308. The zero-order chi connectivity index (χ0) is 15.6. The fourth-order valence-electron chi connectivity index (χ4n) is 1.92. The standard InChI is InChI=1S/C13H18N4O3S/c1-16(2)21(18,19)17-8-11(15-9-17)7-10-5-4-6-12(14)13(10)20-3/h4-7,9H,8,14H2,1-3H3. The number of rotatable bonds is 4. The van der Waals surface area contributed by atoms with E-state index in [2.05, 4.69) is 4.99 Å². The van der Waals surface area contributed by atoms with E-state index in [0.717, 1.165) is 9.87 Å². The molecule has 21 heavy (non-hydrogen) atoms. The summed E-state index contributed by atoms with van der Waals surface area (Å²) in [5, 5.41) is 0. The number of methoxy groups -OCH3 is 1. The third-order valence-electron chi connectivity index (χ3n) is 3.03. The van der Waals surface area contributed by atoms with Crippen molar-refractivity contribution in [3.8, 4) is 5.75 Å². The second-order valence-corrected chi connectivity index (χ2v) is 6.78. The van der Waals surface area contributed by atoms with Gasteiger partial charge in [-0.1, -0.05) is 12.1 Å². The van der Waals surface area contributed by atoms with Crippen LogP contribution in [0.15, 0.2) is 28.9 Å². The van der Waals surface area contributed by atoms with Gasteiger partial charge in [-0.05, 0) is 12.1 Å². The van der Waals surface area contributed by atoms with Crippen LogP contribution in [0.3, 0.4) is 0 Å². The van der Waals surface area contributed by atoms with Crippen LogP contribution >= 0.6 is 0 Å². The van der Waals surface area contributed by atoms with Crippen LogP contribution in [0.2, 0.25) is 0 Å². The molecule has 8 heteroatoms. The monoisotopic (exact) mass is 310 g/mol. The highest BCUT2D eigenvalue weighted by atomic mass is 32.2. The van der Waals surface area contributed by atoms with Gasteiger partial charge in [0.15, 0.2) is 0 Å². The van der Waals surface area contributed by atoms with E-state index in [-0.39, 0.29) is 6.54 Å². The van der Waals surface area contributed by atoms with Crippen LogP contribution < -0.4 is 10.5 Å². The Hall–Kier alpha value is -2.06. The van der Waals surface area contributed by atoms with Crippen LogP contribution in [-0.2, 0) is 10.2 Å². The first-order valence-electron chi connectivity index (χ1n) is 6.23. The summed E-state index contributed by atoms with van der Waals surface area (Å²) in [6, 6.07) is 5.37. The number of benzene rings is 1. The van der Waals surface area contributed by atoms with Crippen molar-refractivity contribution < 1.29 is 13.2 Å². The van der Waals surface area contributed by atoms with Crippen LogP contribution in [0.5, 0.6) is 5.75 Å². The summed E-state index contributed by atoms with van der Waals surface area (Å²) in [6.07, 6.45) is 3.07. The SMILES string of the molecule is COc1c(N)cccc1C=C1CN(S(=O)(=O)N(C)C)C=N1. The maximum absolute atomic E-state index is 12.0. The number of anilines is 1. The molecule has 1 aliphatic heterocycles. The third kappa shape index (κ3) is 3.01. The van der Waals surface area contributed by atoms with Crippen molar-refractivity contribution >= 4 is 28.3 Å². The Morgan fingerprint density at radius 3 is 2.76 bits per heavy atom. The molecule has 0 amide bonds. The van der Waals surface area contributed by atoms with E-state index in [1.165, 1.54) is 31.8 Å². The topological polar surface area (TPSA) is 88.2 Å². The van der Waals surface area contributed by atoms with Gasteiger partial charge in [-0.2, -0.15) is 12.7 Å². The summed E-state index contributed by atoms with van der Waals surface area (Å²) in [6.45, 7) is 0.179. The second kappa shape index (κ2) is 5.74. The molecule has 2 N–H and O–H groups in total. The number of para-hydroxylation sites is 1. The first-order chi connectivity index (χ1) is 9.86. The highest BCUT2D eigenvalue weighted by Crippen LogP contribution is 2.28. The molecule has 0 fully saturated rings. The Morgan fingerprint density at radius 1 is 1.43 bits per heavy atom. The van der Waals surface area contributed by atoms with Gasteiger partial charge in [-0.3, -0.25) is 0 Å².